The van der Waals surface area contributed by atoms with Crippen LogP contribution in [0.5, 0.6) is 0 Å². The van der Waals surface area contributed by atoms with Gasteiger partial charge in [-0.05, 0) is 19.1 Å². The van der Waals surface area contributed by atoms with Gasteiger partial charge in [0.1, 0.15) is 5.82 Å². The van der Waals surface area contributed by atoms with Crippen molar-refractivity contribution in [2.75, 3.05) is 18.5 Å². The lowest BCUT2D eigenvalue weighted by Crippen LogP contribution is -2.28. The number of anilines is 1. The van der Waals surface area contributed by atoms with Crippen molar-refractivity contribution in [3.05, 3.63) is 40.3 Å². The molecule has 0 radical (unpaired) electrons. The Bertz CT molecular complexity index is 971. The lowest BCUT2D eigenvalue weighted by atomic mass is 10.3. The van der Waals surface area contributed by atoms with Crippen LogP contribution in [0.2, 0.25) is 10.0 Å². The minimum atomic E-state index is -3.83. The lowest BCUT2D eigenvalue weighted by Gasteiger charge is -2.09. The summed E-state index contributed by atoms with van der Waals surface area (Å²) in [7, 11) is -2.17. The van der Waals surface area contributed by atoms with Crippen LogP contribution in [-0.2, 0) is 31.4 Å². The summed E-state index contributed by atoms with van der Waals surface area (Å²) >= 11 is 11.8. The SMILES string of the molecule is Cc1nc(S(=O)(=O)NCCC(=O)OCC(=O)Nc2cccc(Cl)c2Cl)cn1C. The molecule has 2 rings (SSSR count). The molecule has 0 saturated carbocycles. The molecule has 2 N–H and O–H groups in total. The summed E-state index contributed by atoms with van der Waals surface area (Å²) in [5.41, 5.74) is 0.286. The average Bonchev–Trinajstić information content (AvgIpc) is 2.97. The second-order valence-corrected chi connectivity index (χ2v) is 8.19. The number of carbonyl (C=O) groups is 2. The number of esters is 1. The van der Waals surface area contributed by atoms with Gasteiger partial charge in [-0.1, -0.05) is 29.3 Å². The van der Waals surface area contributed by atoms with Crippen LogP contribution >= 0.6 is 23.2 Å². The van der Waals surface area contributed by atoms with Crippen molar-refractivity contribution in [3.63, 3.8) is 0 Å². The summed E-state index contributed by atoms with van der Waals surface area (Å²) in [4.78, 5) is 27.4. The molecule has 0 bridgehead atoms. The van der Waals surface area contributed by atoms with Crippen molar-refractivity contribution < 1.29 is 22.7 Å². The maximum atomic E-state index is 12.1. The number of benzene rings is 1. The highest BCUT2D eigenvalue weighted by molar-refractivity contribution is 7.89. The van der Waals surface area contributed by atoms with Gasteiger partial charge in [-0.2, -0.15) is 0 Å². The highest BCUT2D eigenvalue weighted by atomic mass is 35.5. The van der Waals surface area contributed by atoms with E-state index in [0.29, 0.717) is 5.82 Å². The monoisotopic (exact) mass is 448 g/mol. The van der Waals surface area contributed by atoms with Crippen LogP contribution in [0.1, 0.15) is 12.2 Å². The standard InChI is InChI=1S/C16H18Cl2N4O5S/c1-10-20-14(8-22(10)2)28(25,26)19-7-6-15(24)27-9-13(23)21-12-5-3-4-11(17)16(12)18/h3-5,8,19H,6-7,9H2,1-2H3,(H,21,23). The third-order valence-corrected chi connectivity index (χ3v) is 5.72. The molecule has 12 heteroatoms. The van der Waals surface area contributed by atoms with E-state index in [1.54, 1.807) is 36.7 Å². The van der Waals surface area contributed by atoms with E-state index in [1.807, 2.05) is 0 Å². The molecule has 1 aromatic carbocycles. The number of nitrogens with one attached hydrogen (secondary N) is 2. The van der Waals surface area contributed by atoms with Gasteiger partial charge in [0.25, 0.3) is 15.9 Å². The molecule has 0 aliphatic heterocycles. The maximum Gasteiger partial charge on any atom is 0.307 e. The van der Waals surface area contributed by atoms with E-state index < -0.39 is 28.5 Å². The van der Waals surface area contributed by atoms with E-state index in [0.717, 1.165) is 0 Å². The van der Waals surface area contributed by atoms with Gasteiger partial charge in [-0.25, -0.2) is 18.1 Å². The summed E-state index contributed by atoms with van der Waals surface area (Å²) in [5.74, 6) is -0.820. The van der Waals surface area contributed by atoms with Crippen LogP contribution in [-0.4, -0.2) is 43.0 Å². The van der Waals surface area contributed by atoms with Gasteiger partial charge in [0.05, 0.1) is 22.2 Å². The fourth-order valence-electron chi connectivity index (χ4n) is 2.02. The Morgan fingerprint density at radius 3 is 2.64 bits per heavy atom. The van der Waals surface area contributed by atoms with E-state index in [1.165, 1.54) is 6.20 Å². The van der Waals surface area contributed by atoms with E-state index in [9.17, 15) is 18.0 Å². The van der Waals surface area contributed by atoms with Crippen molar-refractivity contribution in [1.82, 2.24) is 14.3 Å². The lowest BCUT2D eigenvalue weighted by molar-refractivity contribution is -0.147. The van der Waals surface area contributed by atoms with Crippen molar-refractivity contribution >= 4 is 50.8 Å². The Morgan fingerprint density at radius 2 is 2.00 bits per heavy atom. The van der Waals surface area contributed by atoms with Crippen molar-refractivity contribution in [2.45, 2.75) is 18.4 Å². The van der Waals surface area contributed by atoms with E-state index in [2.05, 4.69) is 15.0 Å². The van der Waals surface area contributed by atoms with Gasteiger partial charge >= 0.3 is 5.97 Å². The Kier molecular flexibility index (Phi) is 7.41. The van der Waals surface area contributed by atoms with Crippen LogP contribution in [0.3, 0.4) is 0 Å². The smallest absolute Gasteiger partial charge is 0.307 e. The van der Waals surface area contributed by atoms with Crippen molar-refractivity contribution in [2.24, 2.45) is 7.05 Å². The van der Waals surface area contributed by atoms with Crippen molar-refractivity contribution in [1.29, 1.82) is 0 Å². The van der Waals surface area contributed by atoms with E-state index in [-0.39, 0.29) is 33.7 Å². The Labute approximate surface area is 172 Å². The number of nitrogens with zero attached hydrogens (tertiary/aromatic N) is 2. The molecule has 0 aliphatic rings. The molecule has 1 heterocycles. The average molecular weight is 449 g/mol. The van der Waals surface area contributed by atoms with Gasteiger partial charge < -0.3 is 14.6 Å². The summed E-state index contributed by atoms with van der Waals surface area (Å²) in [6.07, 6.45) is 1.11. The molecule has 152 valence electrons. The molecule has 1 amide bonds. The number of imidazole rings is 1. The minimum absolute atomic E-state index is 0.140. The topological polar surface area (TPSA) is 119 Å². The molecule has 2 aromatic rings. The summed E-state index contributed by atoms with van der Waals surface area (Å²) in [6.45, 7) is 0.921. The Balaban J connectivity index is 1.76. The van der Waals surface area contributed by atoms with E-state index >= 15 is 0 Å². The number of hydrogen-bond acceptors (Lipinski definition) is 6. The quantitative estimate of drug-likeness (QED) is 0.594. The van der Waals surface area contributed by atoms with E-state index in [4.69, 9.17) is 27.9 Å². The highest BCUT2D eigenvalue weighted by Crippen LogP contribution is 2.29. The molecular weight excluding hydrogens is 431 g/mol. The fraction of sp³-hybridized carbons (Fsp3) is 0.312. The maximum absolute atomic E-state index is 12.1. The second-order valence-electron chi connectivity index (χ2n) is 5.70. The van der Waals surface area contributed by atoms with Crippen LogP contribution in [0.4, 0.5) is 5.69 Å². The molecule has 0 saturated heterocycles. The second kappa shape index (κ2) is 9.37. The first kappa shape index (κ1) is 22.2. The largest absolute Gasteiger partial charge is 0.456 e. The van der Waals surface area contributed by atoms with Crippen LogP contribution in [0, 0.1) is 6.92 Å². The van der Waals surface area contributed by atoms with Gasteiger partial charge in [0.2, 0.25) is 0 Å². The number of carbonyl (C=O) groups excluding carboxylic acids is 2. The minimum Gasteiger partial charge on any atom is -0.456 e. The van der Waals surface area contributed by atoms with Crippen LogP contribution in [0.25, 0.3) is 0 Å². The predicted octanol–water partition coefficient (Wildman–Crippen LogP) is 1.89. The fourth-order valence-corrected chi connectivity index (χ4v) is 3.44. The molecule has 0 atom stereocenters. The molecule has 0 aliphatic carbocycles. The van der Waals surface area contributed by atoms with Crippen LogP contribution < -0.4 is 10.0 Å². The first-order chi connectivity index (χ1) is 13.1. The summed E-state index contributed by atoms with van der Waals surface area (Å²) in [6, 6.07) is 4.71. The van der Waals surface area contributed by atoms with Crippen LogP contribution in [0.15, 0.2) is 29.4 Å². The number of sulfonamides is 1. The number of halogens is 2. The number of rotatable bonds is 8. The molecular formula is C16H18Cl2N4O5S. The zero-order valence-electron chi connectivity index (χ0n) is 15.0. The van der Waals surface area contributed by atoms with Gasteiger partial charge in [-0.3, -0.25) is 9.59 Å². The molecule has 28 heavy (non-hydrogen) atoms. The summed E-state index contributed by atoms with van der Waals surface area (Å²) in [5, 5.41) is 2.76. The third-order valence-electron chi connectivity index (χ3n) is 3.57. The third kappa shape index (κ3) is 5.93. The Morgan fingerprint density at radius 1 is 1.29 bits per heavy atom. The first-order valence-electron chi connectivity index (χ1n) is 7.99. The number of aromatic nitrogens is 2. The van der Waals surface area contributed by atoms with Gasteiger partial charge in [0.15, 0.2) is 11.6 Å². The number of hydrogen-bond donors (Lipinski definition) is 2. The predicted molar refractivity (Wildman–Crippen MR) is 104 cm³/mol. The zero-order valence-corrected chi connectivity index (χ0v) is 17.4. The zero-order chi connectivity index (χ0) is 20.9. The highest BCUT2D eigenvalue weighted by Gasteiger charge is 2.19. The van der Waals surface area contributed by atoms with Gasteiger partial charge in [-0.15, -0.1) is 0 Å². The van der Waals surface area contributed by atoms with Gasteiger partial charge in [0, 0.05) is 19.8 Å². The molecule has 0 unspecified atom stereocenters. The molecule has 0 spiro atoms. The molecule has 0 fully saturated rings. The molecule has 9 nitrogen and oxygen atoms in total. The number of aryl methyl sites for hydroxylation is 2. The normalized spacial score (nSPS) is 11.3. The summed E-state index contributed by atoms with van der Waals surface area (Å²) < 4.78 is 32.8. The first-order valence-corrected chi connectivity index (χ1v) is 10.2. The number of ether oxygens (including phenoxy) is 1. The molecule has 1 aromatic heterocycles. The van der Waals surface area contributed by atoms with Crippen molar-refractivity contribution in [3.8, 4) is 0 Å². The Hall–Kier alpha value is -2.14. The number of amides is 1.